The maximum atomic E-state index is 12.0. The fourth-order valence-corrected chi connectivity index (χ4v) is 3.72. The van der Waals surface area contributed by atoms with Gasteiger partial charge in [-0.1, -0.05) is 52.0 Å². The first-order chi connectivity index (χ1) is 8.89. The summed E-state index contributed by atoms with van der Waals surface area (Å²) < 4.78 is 0.770. The maximum absolute atomic E-state index is 12.0. The molecule has 0 radical (unpaired) electrons. The molecular formula is C13H15BrCl2N2O. The molecule has 0 saturated heterocycles. The first kappa shape index (κ1) is 15.1. The van der Waals surface area contributed by atoms with Crippen LogP contribution < -0.4 is 11.1 Å². The number of benzene rings is 1. The molecule has 3 nitrogen and oxygen atoms in total. The standard InChI is InChI=1S/C13H15BrCl2N2O/c14-8-5-9(15)12(10(16)6-8)18-11(19)7-13(17)3-1-2-4-13/h5-6H,1-4,7,17H2,(H,18,19). The van der Waals surface area contributed by atoms with Crippen LogP contribution in [0.1, 0.15) is 32.1 Å². The second kappa shape index (κ2) is 6.00. The molecule has 6 heteroatoms. The molecule has 1 saturated carbocycles. The van der Waals surface area contributed by atoms with E-state index in [0.717, 1.165) is 30.2 Å². The molecule has 1 aromatic carbocycles. The highest BCUT2D eigenvalue weighted by atomic mass is 79.9. The van der Waals surface area contributed by atoms with Gasteiger partial charge in [-0.05, 0) is 25.0 Å². The lowest BCUT2D eigenvalue weighted by atomic mass is 9.94. The second-order valence-corrected chi connectivity index (χ2v) is 6.77. The van der Waals surface area contributed by atoms with Crippen LogP contribution in [0.25, 0.3) is 0 Å². The minimum Gasteiger partial charge on any atom is -0.325 e. The Balaban J connectivity index is 2.07. The number of amides is 1. The maximum Gasteiger partial charge on any atom is 0.226 e. The van der Waals surface area contributed by atoms with Gasteiger partial charge < -0.3 is 11.1 Å². The lowest BCUT2D eigenvalue weighted by Crippen LogP contribution is -2.40. The van der Waals surface area contributed by atoms with Gasteiger partial charge in [-0.15, -0.1) is 0 Å². The van der Waals surface area contributed by atoms with Crippen LogP contribution in [-0.4, -0.2) is 11.4 Å². The molecule has 1 aliphatic carbocycles. The molecule has 0 aliphatic heterocycles. The van der Waals surface area contributed by atoms with Crippen molar-refractivity contribution >= 4 is 50.7 Å². The zero-order valence-electron chi connectivity index (χ0n) is 10.3. The molecule has 0 unspecified atom stereocenters. The summed E-state index contributed by atoms with van der Waals surface area (Å²) in [5.74, 6) is -0.143. The summed E-state index contributed by atoms with van der Waals surface area (Å²) in [4.78, 5) is 12.0. The predicted octanol–water partition coefficient (Wildman–Crippen LogP) is 4.36. The van der Waals surface area contributed by atoms with E-state index in [-0.39, 0.29) is 11.4 Å². The van der Waals surface area contributed by atoms with Crippen molar-refractivity contribution in [3.63, 3.8) is 0 Å². The molecule has 0 bridgehead atoms. The van der Waals surface area contributed by atoms with Crippen LogP contribution in [-0.2, 0) is 4.79 Å². The SMILES string of the molecule is NC1(CC(=O)Nc2c(Cl)cc(Br)cc2Cl)CCCC1. The highest BCUT2D eigenvalue weighted by molar-refractivity contribution is 9.10. The van der Waals surface area contributed by atoms with E-state index < -0.39 is 0 Å². The Kier molecular flexibility index (Phi) is 4.77. The highest BCUT2D eigenvalue weighted by Gasteiger charge is 2.31. The molecule has 0 atom stereocenters. The third kappa shape index (κ3) is 3.85. The number of halogens is 3. The molecule has 1 aromatic rings. The van der Waals surface area contributed by atoms with Crippen molar-refractivity contribution in [2.75, 3.05) is 5.32 Å². The molecule has 0 aromatic heterocycles. The van der Waals surface area contributed by atoms with Crippen molar-refractivity contribution in [1.29, 1.82) is 0 Å². The van der Waals surface area contributed by atoms with Crippen molar-refractivity contribution in [2.45, 2.75) is 37.6 Å². The van der Waals surface area contributed by atoms with Crippen LogP contribution in [0, 0.1) is 0 Å². The van der Waals surface area contributed by atoms with Crippen LogP contribution >= 0.6 is 39.1 Å². The Morgan fingerprint density at radius 2 is 1.84 bits per heavy atom. The fraction of sp³-hybridized carbons (Fsp3) is 0.462. The fourth-order valence-electron chi connectivity index (χ4n) is 2.42. The lowest BCUT2D eigenvalue weighted by Gasteiger charge is -2.22. The number of hydrogen-bond acceptors (Lipinski definition) is 2. The first-order valence-electron chi connectivity index (χ1n) is 6.13. The minimum atomic E-state index is -0.377. The summed E-state index contributed by atoms with van der Waals surface area (Å²) in [6.07, 6.45) is 4.26. The van der Waals surface area contributed by atoms with Gasteiger partial charge in [0, 0.05) is 16.4 Å². The lowest BCUT2D eigenvalue weighted by molar-refractivity contribution is -0.117. The Morgan fingerprint density at radius 3 is 2.37 bits per heavy atom. The van der Waals surface area contributed by atoms with Crippen LogP contribution in [0.4, 0.5) is 5.69 Å². The topological polar surface area (TPSA) is 55.1 Å². The van der Waals surface area contributed by atoms with E-state index in [4.69, 9.17) is 28.9 Å². The average molecular weight is 366 g/mol. The van der Waals surface area contributed by atoms with Crippen molar-refractivity contribution < 1.29 is 4.79 Å². The molecule has 2 rings (SSSR count). The van der Waals surface area contributed by atoms with Gasteiger partial charge in [-0.2, -0.15) is 0 Å². The van der Waals surface area contributed by atoms with E-state index in [1.54, 1.807) is 12.1 Å². The van der Waals surface area contributed by atoms with Crippen molar-refractivity contribution in [3.8, 4) is 0 Å². The largest absolute Gasteiger partial charge is 0.325 e. The molecular weight excluding hydrogens is 351 g/mol. The van der Waals surface area contributed by atoms with Gasteiger partial charge in [0.25, 0.3) is 0 Å². The van der Waals surface area contributed by atoms with Gasteiger partial charge >= 0.3 is 0 Å². The normalized spacial score (nSPS) is 17.5. The molecule has 19 heavy (non-hydrogen) atoms. The Labute approximate surface area is 131 Å². The quantitative estimate of drug-likeness (QED) is 0.836. The smallest absolute Gasteiger partial charge is 0.226 e. The Bertz CT molecular complexity index is 478. The van der Waals surface area contributed by atoms with Crippen LogP contribution in [0.5, 0.6) is 0 Å². The number of anilines is 1. The van der Waals surface area contributed by atoms with E-state index in [0.29, 0.717) is 22.2 Å². The van der Waals surface area contributed by atoms with Gasteiger partial charge in [-0.25, -0.2) is 0 Å². The molecule has 0 heterocycles. The molecule has 1 fully saturated rings. The summed E-state index contributed by atoms with van der Waals surface area (Å²) in [7, 11) is 0. The van der Waals surface area contributed by atoms with E-state index in [1.807, 2.05) is 0 Å². The Morgan fingerprint density at radius 1 is 1.32 bits per heavy atom. The summed E-state index contributed by atoms with van der Waals surface area (Å²) >= 11 is 15.4. The first-order valence-corrected chi connectivity index (χ1v) is 7.68. The molecule has 1 amide bonds. The number of carbonyl (C=O) groups excluding carboxylic acids is 1. The number of nitrogens with one attached hydrogen (secondary N) is 1. The van der Waals surface area contributed by atoms with Gasteiger partial charge in [0.15, 0.2) is 0 Å². The van der Waals surface area contributed by atoms with E-state index in [1.165, 1.54) is 0 Å². The van der Waals surface area contributed by atoms with Crippen molar-refractivity contribution in [2.24, 2.45) is 5.73 Å². The van der Waals surface area contributed by atoms with Gasteiger partial charge in [-0.3, -0.25) is 4.79 Å². The van der Waals surface area contributed by atoms with E-state index in [9.17, 15) is 4.79 Å². The van der Waals surface area contributed by atoms with Crippen molar-refractivity contribution in [3.05, 3.63) is 26.7 Å². The average Bonchev–Trinajstić information content (AvgIpc) is 2.70. The summed E-state index contributed by atoms with van der Waals surface area (Å²) in [5.41, 5.74) is 6.25. The third-order valence-electron chi connectivity index (χ3n) is 3.38. The van der Waals surface area contributed by atoms with Crippen LogP contribution in [0.2, 0.25) is 10.0 Å². The third-order valence-corrected chi connectivity index (χ3v) is 4.44. The predicted molar refractivity (Wildman–Crippen MR) is 82.8 cm³/mol. The van der Waals surface area contributed by atoms with Gasteiger partial charge in [0.05, 0.1) is 15.7 Å². The molecule has 3 N–H and O–H groups in total. The molecule has 0 spiro atoms. The number of hydrogen-bond donors (Lipinski definition) is 2. The number of nitrogens with two attached hydrogens (primary N) is 1. The van der Waals surface area contributed by atoms with Crippen LogP contribution in [0.3, 0.4) is 0 Å². The minimum absolute atomic E-state index is 0.143. The number of carbonyl (C=O) groups is 1. The van der Waals surface area contributed by atoms with E-state index >= 15 is 0 Å². The van der Waals surface area contributed by atoms with Crippen molar-refractivity contribution in [1.82, 2.24) is 0 Å². The summed E-state index contributed by atoms with van der Waals surface area (Å²) in [5, 5.41) is 3.57. The zero-order valence-corrected chi connectivity index (χ0v) is 13.4. The zero-order chi connectivity index (χ0) is 14.0. The summed E-state index contributed by atoms with van der Waals surface area (Å²) in [6.45, 7) is 0. The second-order valence-electron chi connectivity index (χ2n) is 5.04. The monoisotopic (exact) mass is 364 g/mol. The Hall–Kier alpha value is -0.290. The van der Waals surface area contributed by atoms with Gasteiger partial charge in [0.2, 0.25) is 5.91 Å². The van der Waals surface area contributed by atoms with E-state index in [2.05, 4.69) is 21.2 Å². The summed E-state index contributed by atoms with van der Waals surface area (Å²) in [6, 6.07) is 3.38. The number of rotatable bonds is 3. The highest BCUT2D eigenvalue weighted by Crippen LogP contribution is 2.35. The van der Waals surface area contributed by atoms with Gasteiger partial charge in [0.1, 0.15) is 0 Å². The molecule has 1 aliphatic rings. The van der Waals surface area contributed by atoms with Crippen LogP contribution in [0.15, 0.2) is 16.6 Å². The molecule has 104 valence electrons.